The van der Waals surface area contributed by atoms with Crippen molar-refractivity contribution in [3.8, 4) is 0 Å². The molecular weight excluding hydrogens is 372 g/mol. The summed E-state index contributed by atoms with van der Waals surface area (Å²) in [4.78, 5) is 39.8. The maximum Gasteiger partial charge on any atom is 0.303 e. The predicted octanol–water partition coefficient (Wildman–Crippen LogP) is 3.09. The van der Waals surface area contributed by atoms with Gasteiger partial charge >= 0.3 is 5.97 Å². The van der Waals surface area contributed by atoms with E-state index in [1.54, 1.807) is 15.9 Å². The lowest BCUT2D eigenvalue weighted by Gasteiger charge is -2.32. The van der Waals surface area contributed by atoms with Crippen molar-refractivity contribution in [3.05, 3.63) is 53.5 Å². The number of carboxylic acid groups (broad SMARTS) is 1. The summed E-state index contributed by atoms with van der Waals surface area (Å²) in [5.74, 6) is -0.532. The van der Waals surface area contributed by atoms with E-state index in [1.165, 1.54) is 6.26 Å². The number of piperidine rings is 1. The summed E-state index contributed by atoms with van der Waals surface area (Å²) in [5, 5.41) is 8.91. The SMILES string of the molecule is O=C(O)CCC1CCCN(C(=O)c2occc2CN2C(=O)Cc3ccccc32)C1. The molecule has 2 aliphatic rings. The van der Waals surface area contributed by atoms with Crippen LogP contribution in [-0.4, -0.2) is 40.9 Å². The van der Waals surface area contributed by atoms with Crippen LogP contribution in [0.5, 0.6) is 0 Å². The summed E-state index contributed by atoms with van der Waals surface area (Å²) in [7, 11) is 0. The van der Waals surface area contributed by atoms with Crippen LogP contribution in [0.25, 0.3) is 0 Å². The fourth-order valence-electron chi connectivity index (χ4n) is 4.26. The normalized spacial score (nSPS) is 18.8. The van der Waals surface area contributed by atoms with E-state index in [4.69, 9.17) is 9.52 Å². The van der Waals surface area contributed by atoms with E-state index in [1.807, 2.05) is 24.3 Å². The van der Waals surface area contributed by atoms with Gasteiger partial charge in [-0.05, 0) is 42.9 Å². The molecule has 1 N–H and O–H groups in total. The standard InChI is InChI=1S/C22H24N2O5/c25-19-12-16-5-1-2-6-18(16)24(19)14-17-9-11-29-21(17)22(28)23-10-3-4-15(13-23)7-8-20(26)27/h1-2,5-6,9,11,15H,3-4,7-8,10,12-14H2,(H,26,27). The van der Waals surface area contributed by atoms with E-state index >= 15 is 0 Å². The van der Waals surface area contributed by atoms with Crippen LogP contribution in [0.2, 0.25) is 0 Å². The Labute approximate surface area is 168 Å². The molecule has 2 aliphatic heterocycles. The van der Waals surface area contributed by atoms with Crippen molar-refractivity contribution in [2.45, 2.75) is 38.6 Å². The zero-order valence-corrected chi connectivity index (χ0v) is 16.2. The molecule has 0 spiro atoms. The summed E-state index contributed by atoms with van der Waals surface area (Å²) in [5.41, 5.74) is 2.56. The van der Waals surface area contributed by atoms with Gasteiger partial charge in [-0.25, -0.2) is 0 Å². The molecule has 0 bridgehead atoms. The van der Waals surface area contributed by atoms with Gasteiger partial charge in [0.1, 0.15) is 0 Å². The fraction of sp³-hybridized carbons (Fsp3) is 0.409. The summed E-state index contributed by atoms with van der Waals surface area (Å²) in [6.45, 7) is 1.47. The second-order valence-corrected chi connectivity index (χ2v) is 7.75. The molecular formula is C22H24N2O5. The van der Waals surface area contributed by atoms with Crippen molar-refractivity contribution >= 4 is 23.5 Å². The molecule has 7 heteroatoms. The lowest BCUT2D eigenvalue weighted by Crippen LogP contribution is -2.40. The summed E-state index contributed by atoms with van der Waals surface area (Å²) in [6, 6.07) is 9.42. The maximum absolute atomic E-state index is 13.1. The van der Waals surface area contributed by atoms with Gasteiger partial charge in [-0.15, -0.1) is 0 Å². The number of hydrogen-bond donors (Lipinski definition) is 1. The number of carbonyl (C=O) groups is 3. The third kappa shape index (κ3) is 4.04. The Bertz CT molecular complexity index is 935. The van der Waals surface area contributed by atoms with Gasteiger partial charge in [-0.3, -0.25) is 14.4 Å². The molecule has 1 fully saturated rings. The van der Waals surface area contributed by atoms with E-state index in [0.29, 0.717) is 38.0 Å². The van der Waals surface area contributed by atoms with Crippen LogP contribution in [0.3, 0.4) is 0 Å². The maximum atomic E-state index is 13.1. The molecule has 4 rings (SSSR count). The summed E-state index contributed by atoms with van der Waals surface area (Å²) < 4.78 is 5.52. The molecule has 7 nitrogen and oxygen atoms in total. The van der Waals surface area contributed by atoms with Gasteiger partial charge < -0.3 is 19.3 Å². The number of fused-ring (bicyclic) bond motifs is 1. The number of carbonyl (C=O) groups excluding carboxylic acids is 2. The number of amides is 2. The average molecular weight is 396 g/mol. The van der Waals surface area contributed by atoms with Crippen LogP contribution >= 0.6 is 0 Å². The number of rotatable bonds is 6. The quantitative estimate of drug-likeness (QED) is 0.810. The minimum atomic E-state index is -0.808. The topological polar surface area (TPSA) is 91.1 Å². The van der Waals surface area contributed by atoms with E-state index in [-0.39, 0.29) is 29.9 Å². The second kappa shape index (κ2) is 8.11. The third-order valence-corrected chi connectivity index (χ3v) is 5.77. The smallest absolute Gasteiger partial charge is 0.303 e. The molecule has 3 heterocycles. The lowest BCUT2D eigenvalue weighted by atomic mass is 9.93. The van der Waals surface area contributed by atoms with Crippen molar-refractivity contribution in [1.82, 2.24) is 4.90 Å². The molecule has 0 saturated carbocycles. The zero-order chi connectivity index (χ0) is 20.4. The minimum Gasteiger partial charge on any atom is -0.481 e. The van der Waals surface area contributed by atoms with Gasteiger partial charge in [0, 0.05) is 30.8 Å². The zero-order valence-electron chi connectivity index (χ0n) is 16.2. The number of aliphatic carboxylic acids is 1. The van der Waals surface area contributed by atoms with Crippen LogP contribution < -0.4 is 4.90 Å². The van der Waals surface area contributed by atoms with Gasteiger partial charge in [-0.1, -0.05) is 18.2 Å². The molecule has 1 atom stereocenters. The molecule has 1 saturated heterocycles. The highest BCUT2D eigenvalue weighted by atomic mass is 16.4. The average Bonchev–Trinajstić information content (AvgIpc) is 3.31. The Morgan fingerprint density at radius 1 is 1.21 bits per heavy atom. The van der Waals surface area contributed by atoms with Crippen molar-refractivity contribution in [2.75, 3.05) is 18.0 Å². The first-order valence-corrected chi connectivity index (χ1v) is 9.98. The number of benzene rings is 1. The van der Waals surface area contributed by atoms with E-state index in [9.17, 15) is 14.4 Å². The monoisotopic (exact) mass is 396 g/mol. The predicted molar refractivity (Wildman–Crippen MR) is 106 cm³/mol. The Morgan fingerprint density at radius 2 is 2.03 bits per heavy atom. The Morgan fingerprint density at radius 3 is 2.86 bits per heavy atom. The fourth-order valence-corrected chi connectivity index (χ4v) is 4.26. The number of para-hydroxylation sites is 1. The summed E-state index contributed by atoms with van der Waals surface area (Å²) in [6.07, 6.45) is 4.33. The van der Waals surface area contributed by atoms with Crippen molar-refractivity contribution in [3.63, 3.8) is 0 Å². The van der Waals surface area contributed by atoms with Crippen molar-refractivity contribution in [1.29, 1.82) is 0 Å². The van der Waals surface area contributed by atoms with Crippen LogP contribution in [0, 0.1) is 5.92 Å². The molecule has 2 amide bonds. The molecule has 0 aliphatic carbocycles. The highest BCUT2D eigenvalue weighted by Crippen LogP contribution is 2.31. The first-order valence-electron chi connectivity index (χ1n) is 9.98. The van der Waals surface area contributed by atoms with Crippen LogP contribution in [-0.2, 0) is 22.6 Å². The molecule has 1 unspecified atom stereocenters. The molecule has 1 aromatic heterocycles. The second-order valence-electron chi connectivity index (χ2n) is 7.75. The van der Waals surface area contributed by atoms with Crippen molar-refractivity contribution < 1.29 is 23.9 Å². The lowest BCUT2D eigenvalue weighted by molar-refractivity contribution is -0.137. The van der Waals surface area contributed by atoms with Crippen LogP contribution in [0.1, 0.15) is 47.4 Å². The van der Waals surface area contributed by atoms with Crippen molar-refractivity contribution in [2.24, 2.45) is 5.92 Å². The Hall–Kier alpha value is -3.09. The van der Waals surface area contributed by atoms with E-state index < -0.39 is 5.97 Å². The minimum absolute atomic E-state index is 0.0116. The van der Waals surface area contributed by atoms with Gasteiger partial charge in [-0.2, -0.15) is 0 Å². The first-order chi connectivity index (χ1) is 14.0. The number of likely N-dealkylation sites (tertiary alicyclic amines) is 1. The van der Waals surface area contributed by atoms with Crippen LogP contribution in [0.15, 0.2) is 41.0 Å². The molecule has 2 aromatic rings. The first kappa shape index (κ1) is 19.2. The van der Waals surface area contributed by atoms with E-state index in [2.05, 4.69) is 0 Å². The van der Waals surface area contributed by atoms with Gasteiger partial charge in [0.25, 0.3) is 5.91 Å². The molecule has 1 aromatic carbocycles. The third-order valence-electron chi connectivity index (χ3n) is 5.77. The van der Waals surface area contributed by atoms with Gasteiger partial charge in [0.2, 0.25) is 5.91 Å². The number of hydrogen-bond acceptors (Lipinski definition) is 4. The van der Waals surface area contributed by atoms with Gasteiger partial charge in [0.05, 0.1) is 19.2 Å². The number of nitrogens with zero attached hydrogens (tertiary/aromatic N) is 2. The van der Waals surface area contributed by atoms with Crippen LogP contribution in [0.4, 0.5) is 5.69 Å². The van der Waals surface area contributed by atoms with Gasteiger partial charge in [0.15, 0.2) is 5.76 Å². The largest absolute Gasteiger partial charge is 0.481 e. The number of anilines is 1. The Balaban J connectivity index is 1.47. The molecule has 152 valence electrons. The van der Waals surface area contributed by atoms with E-state index in [0.717, 1.165) is 24.1 Å². The Kier molecular flexibility index (Phi) is 5.38. The molecule has 29 heavy (non-hydrogen) atoms. The highest BCUT2D eigenvalue weighted by Gasteiger charge is 2.31. The highest BCUT2D eigenvalue weighted by molar-refractivity contribution is 6.01. The summed E-state index contributed by atoms with van der Waals surface area (Å²) >= 11 is 0. The number of furan rings is 1. The number of carboxylic acids is 1. The molecule has 0 radical (unpaired) electrons.